The molecule has 13 heavy (non-hydrogen) atoms. The van der Waals surface area contributed by atoms with Crippen molar-refractivity contribution in [3.8, 4) is 10.7 Å². The summed E-state index contributed by atoms with van der Waals surface area (Å²) >= 11 is 6.58. The average molecular weight is 212 g/mol. The molecule has 0 aromatic carbocycles. The van der Waals surface area contributed by atoms with Crippen molar-refractivity contribution in [2.24, 2.45) is 7.05 Å². The summed E-state index contributed by atoms with van der Waals surface area (Å²) in [4.78, 5) is 9.35. The first-order valence-electron chi connectivity index (χ1n) is 3.72. The maximum absolute atomic E-state index is 4.99. The molecule has 2 heterocycles. The van der Waals surface area contributed by atoms with Crippen LogP contribution in [0.4, 0.5) is 0 Å². The van der Waals surface area contributed by atoms with Crippen LogP contribution in [0.2, 0.25) is 0 Å². The Hall–Kier alpha value is -1.01. The molecule has 2 aromatic rings. The molecule has 6 heteroatoms. The van der Waals surface area contributed by atoms with Crippen molar-refractivity contribution in [2.45, 2.75) is 6.92 Å². The number of nitrogens with one attached hydrogen (secondary N) is 1. The van der Waals surface area contributed by atoms with Crippen LogP contribution in [0.5, 0.6) is 0 Å². The van der Waals surface area contributed by atoms with Gasteiger partial charge < -0.3 is 0 Å². The van der Waals surface area contributed by atoms with Crippen molar-refractivity contribution in [2.75, 3.05) is 0 Å². The molecule has 0 bridgehead atoms. The van der Waals surface area contributed by atoms with Gasteiger partial charge in [0.15, 0.2) is 5.82 Å². The molecule has 68 valence electrons. The van der Waals surface area contributed by atoms with Crippen LogP contribution in [0.15, 0.2) is 6.20 Å². The molecular formula is C7H8N4S2. The first-order chi connectivity index (χ1) is 6.16. The molecule has 0 radical (unpaired) electrons. The summed E-state index contributed by atoms with van der Waals surface area (Å²) < 4.78 is 2.26. The van der Waals surface area contributed by atoms with Crippen LogP contribution < -0.4 is 0 Å². The SMILES string of the molecule is Cc1ncc(-c2nc(=S)n(C)[nH]2)s1. The van der Waals surface area contributed by atoms with E-state index in [9.17, 15) is 0 Å². The van der Waals surface area contributed by atoms with Crippen LogP contribution in [0.1, 0.15) is 5.01 Å². The zero-order valence-electron chi connectivity index (χ0n) is 7.24. The second-order valence-electron chi connectivity index (χ2n) is 2.66. The highest BCUT2D eigenvalue weighted by molar-refractivity contribution is 7.71. The van der Waals surface area contributed by atoms with E-state index in [2.05, 4.69) is 15.1 Å². The van der Waals surface area contributed by atoms with E-state index >= 15 is 0 Å². The second-order valence-corrected chi connectivity index (χ2v) is 4.26. The van der Waals surface area contributed by atoms with E-state index in [0.717, 1.165) is 15.7 Å². The second kappa shape index (κ2) is 3.04. The molecule has 2 rings (SSSR count). The fourth-order valence-corrected chi connectivity index (χ4v) is 1.84. The summed E-state index contributed by atoms with van der Waals surface area (Å²) in [6, 6.07) is 0. The summed E-state index contributed by atoms with van der Waals surface area (Å²) in [6.07, 6.45) is 1.80. The third kappa shape index (κ3) is 1.54. The Morgan fingerprint density at radius 1 is 1.62 bits per heavy atom. The molecule has 0 aliphatic rings. The summed E-state index contributed by atoms with van der Waals surface area (Å²) in [5, 5.41) is 4.07. The fourth-order valence-electron chi connectivity index (χ4n) is 0.983. The lowest BCUT2D eigenvalue weighted by Crippen LogP contribution is -1.88. The molecule has 0 atom stereocenters. The number of rotatable bonds is 1. The van der Waals surface area contributed by atoms with Crippen molar-refractivity contribution in [3.05, 3.63) is 16.0 Å². The number of hydrogen-bond donors (Lipinski definition) is 1. The van der Waals surface area contributed by atoms with Crippen LogP contribution in [0, 0.1) is 11.7 Å². The lowest BCUT2D eigenvalue weighted by Gasteiger charge is -1.87. The van der Waals surface area contributed by atoms with E-state index in [1.54, 1.807) is 22.2 Å². The van der Waals surface area contributed by atoms with E-state index < -0.39 is 0 Å². The van der Waals surface area contributed by atoms with Crippen molar-refractivity contribution in [3.63, 3.8) is 0 Å². The van der Waals surface area contributed by atoms with Crippen LogP contribution in [0.3, 0.4) is 0 Å². The Balaban J connectivity index is 2.52. The smallest absolute Gasteiger partial charge is 0.216 e. The predicted molar refractivity (Wildman–Crippen MR) is 54.2 cm³/mol. The molecule has 0 unspecified atom stereocenters. The van der Waals surface area contributed by atoms with Gasteiger partial charge in [0.05, 0.1) is 9.88 Å². The average Bonchev–Trinajstić information content (AvgIpc) is 2.61. The van der Waals surface area contributed by atoms with Gasteiger partial charge in [-0.2, -0.15) is 4.98 Å². The maximum Gasteiger partial charge on any atom is 0.216 e. The van der Waals surface area contributed by atoms with Gasteiger partial charge in [-0.25, -0.2) is 4.98 Å². The first kappa shape index (κ1) is 8.58. The standard InChI is InChI=1S/C7H8N4S2/c1-4-8-3-5(13-4)6-9-7(12)11(2)10-6/h3H,1-2H3,(H,9,10,12). The quantitative estimate of drug-likeness (QED) is 0.734. The fraction of sp³-hybridized carbons (Fsp3) is 0.286. The zero-order chi connectivity index (χ0) is 9.42. The van der Waals surface area contributed by atoms with Crippen molar-refractivity contribution < 1.29 is 0 Å². The Bertz CT molecular complexity index is 479. The molecule has 0 spiro atoms. The van der Waals surface area contributed by atoms with Gasteiger partial charge in [0.1, 0.15) is 0 Å². The Morgan fingerprint density at radius 3 is 2.85 bits per heavy atom. The zero-order valence-corrected chi connectivity index (χ0v) is 8.87. The third-order valence-corrected chi connectivity index (χ3v) is 2.91. The normalized spacial score (nSPS) is 10.6. The number of aromatic amines is 1. The Labute approximate surface area is 84.3 Å². The van der Waals surface area contributed by atoms with Crippen LogP contribution >= 0.6 is 23.6 Å². The third-order valence-electron chi connectivity index (χ3n) is 1.62. The summed E-state index contributed by atoms with van der Waals surface area (Å²) in [5.41, 5.74) is 0. The van der Waals surface area contributed by atoms with Crippen molar-refractivity contribution in [1.82, 2.24) is 19.7 Å². The van der Waals surface area contributed by atoms with Gasteiger partial charge in [0.2, 0.25) is 4.77 Å². The monoisotopic (exact) mass is 212 g/mol. The highest BCUT2D eigenvalue weighted by atomic mass is 32.1. The number of nitrogens with zero attached hydrogens (tertiary/aromatic N) is 3. The highest BCUT2D eigenvalue weighted by Crippen LogP contribution is 2.21. The minimum atomic E-state index is 0.557. The molecule has 4 nitrogen and oxygen atoms in total. The maximum atomic E-state index is 4.99. The van der Waals surface area contributed by atoms with Gasteiger partial charge in [0, 0.05) is 13.2 Å². The van der Waals surface area contributed by atoms with E-state index in [4.69, 9.17) is 12.2 Å². The molecule has 0 aliphatic heterocycles. The van der Waals surface area contributed by atoms with Crippen LogP contribution in [-0.2, 0) is 7.05 Å². The first-order valence-corrected chi connectivity index (χ1v) is 4.95. The molecule has 0 saturated heterocycles. The minimum absolute atomic E-state index is 0.557. The van der Waals surface area contributed by atoms with Gasteiger partial charge in [-0.05, 0) is 19.1 Å². The van der Waals surface area contributed by atoms with Crippen molar-refractivity contribution >= 4 is 23.6 Å². The predicted octanol–water partition coefficient (Wildman–Crippen LogP) is 1.91. The highest BCUT2D eigenvalue weighted by Gasteiger charge is 2.05. The minimum Gasteiger partial charge on any atom is -0.279 e. The lowest BCUT2D eigenvalue weighted by atomic mass is 10.5. The number of hydrogen-bond acceptors (Lipinski definition) is 4. The van der Waals surface area contributed by atoms with Crippen molar-refractivity contribution in [1.29, 1.82) is 0 Å². The van der Waals surface area contributed by atoms with Gasteiger partial charge in [-0.3, -0.25) is 9.78 Å². The van der Waals surface area contributed by atoms with Gasteiger partial charge >= 0.3 is 0 Å². The van der Waals surface area contributed by atoms with E-state index in [1.807, 2.05) is 14.0 Å². The largest absolute Gasteiger partial charge is 0.279 e. The molecule has 0 amide bonds. The molecule has 0 saturated carbocycles. The Morgan fingerprint density at radius 2 is 2.38 bits per heavy atom. The summed E-state index contributed by atoms with van der Waals surface area (Å²) in [6.45, 7) is 1.96. The molecule has 0 fully saturated rings. The molecular weight excluding hydrogens is 204 g/mol. The number of H-pyrrole nitrogens is 1. The number of aromatic nitrogens is 4. The van der Waals surface area contributed by atoms with Gasteiger partial charge in [-0.15, -0.1) is 11.3 Å². The van der Waals surface area contributed by atoms with E-state index in [1.165, 1.54) is 0 Å². The number of aryl methyl sites for hydroxylation is 2. The topological polar surface area (TPSA) is 46.5 Å². The molecule has 1 N–H and O–H groups in total. The summed E-state index contributed by atoms with van der Waals surface area (Å²) in [7, 11) is 1.84. The molecule has 2 aromatic heterocycles. The van der Waals surface area contributed by atoms with Gasteiger partial charge in [0.25, 0.3) is 0 Å². The van der Waals surface area contributed by atoms with Gasteiger partial charge in [-0.1, -0.05) is 0 Å². The lowest BCUT2D eigenvalue weighted by molar-refractivity contribution is 0.756. The summed E-state index contributed by atoms with van der Waals surface area (Å²) in [5.74, 6) is 0.790. The van der Waals surface area contributed by atoms with Crippen LogP contribution in [0.25, 0.3) is 10.7 Å². The Kier molecular flexibility index (Phi) is 2.01. The van der Waals surface area contributed by atoms with E-state index in [0.29, 0.717) is 4.77 Å². The van der Waals surface area contributed by atoms with E-state index in [-0.39, 0.29) is 0 Å². The number of thiazole rings is 1. The molecule has 0 aliphatic carbocycles. The van der Waals surface area contributed by atoms with Crippen LogP contribution in [-0.4, -0.2) is 19.7 Å².